The molecule has 0 unspecified atom stereocenters. The van der Waals surface area contributed by atoms with Gasteiger partial charge in [-0.25, -0.2) is 9.38 Å². The molecule has 0 spiro atoms. The number of aromatic nitrogens is 1. The van der Waals surface area contributed by atoms with E-state index in [0.717, 1.165) is 14.5 Å². The molecule has 0 aliphatic carbocycles. The van der Waals surface area contributed by atoms with Gasteiger partial charge in [0.05, 0.1) is 15.7 Å². The number of rotatable bonds is 2. The molecule has 0 aromatic carbocycles. The summed E-state index contributed by atoms with van der Waals surface area (Å²) in [5, 5.41) is 0.980. The highest BCUT2D eigenvalue weighted by Gasteiger charge is 2.11. The Hall–Kier alpha value is 0.130. The van der Waals surface area contributed by atoms with Crippen molar-refractivity contribution >= 4 is 44.9 Å². The molecule has 0 N–H and O–H groups in total. The van der Waals surface area contributed by atoms with Gasteiger partial charge in [-0.3, -0.25) is 0 Å². The molecule has 1 rings (SSSR count). The van der Waals surface area contributed by atoms with Gasteiger partial charge in [0.1, 0.15) is 5.01 Å². The van der Waals surface area contributed by atoms with E-state index < -0.39 is 0 Å². The molecule has 0 aliphatic rings. The fourth-order valence-electron chi connectivity index (χ4n) is 0.666. The van der Waals surface area contributed by atoms with Crippen molar-refractivity contribution in [3.8, 4) is 0 Å². The second kappa shape index (κ2) is 4.77. The maximum atomic E-state index is 4.44. The molecule has 0 aliphatic heterocycles. The monoisotopic (exact) mass is 292 g/mol. The minimum absolute atomic E-state index is 0.162. The van der Waals surface area contributed by atoms with E-state index >= 15 is 0 Å². The summed E-state index contributed by atoms with van der Waals surface area (Å²) in [7, 11) is 0. The Kier molecular flexibility index (Phi) is 4.15. The fraction of sp³-hybridized carbons (Fsp3) is 0.556. The predicted octanol–water partition coefficient (Wildman–Crippen LogP) is 4.16. The molecule has 1 heterocycles. The largest absolute Gasteiger partial charge is 0.242 e. The highest BCUT2D eigenvalue weighted by atomic mass is 79.9. The summed E-state index contributed by atoms with van der Waals surface area (Å²) in [6, 6.07) is 0. The smallest absolute Gasteiger partial charge is 0.139 e. The van der Waals surface area contributed by atoms with Crippen LogP contribution in [0.1, 0.15) is 32.7 Å². The highest BCUT2D eigenvalue weighted by Crippen LogP contribution is 2.26. The van der Waals surface area contributed by atoms with Crippen molar-refractivity contribution in [1.82, 2.24) is 4.98 Å². The zero-order valence-electron chi connectivity index (χ0n) is 8.67. The van der Waals surface area contributed by atoms with Crippen LogP contribution in [0.2, 0.25) is 0 Å². The summed E-state index contributed by atoms with van der Waals surface area (Å²) in [4.78, 5) is 4.24. The lowest BCUT2D eigenvalue weighted by Gasteiger charge is -2.12. The molecule has 2 nitrogen and oxygen atoms in total. The van der Waals surface area contributed by atoms with Crippen LogP contribution < -0.4 is 0 Å². The van der Waals surface area contributed by atoms with Gasteiger partial charge in [0.2, 0.25) is 0 Å². The molecule has 0 saturated carbocycles. The molecule has 0 radical (unpaired) electrons. The van der Waals surface area contributed by atoms with Gasteiger partial charge >= 0.3 is 0 Å². The normalized spacial score (nSPS) is 13.4. The number of thiazole rings is 1. The third-order valence-electron chi connectivity index (χ3n) is 1.24. The first-order valence-electron chi connectivity index (χ1n) is 4.23. The van der Waals surface area contributed by atoms with Gasteiger partial charge in [-0.05, 0) is 55.6 Å². The maximum absolute atomic E-state index is 4.44. The van der Waals surface area contributed by atoms with Crippen LogP contribution in [0.25, 0.3) is 0 Å². The minimum Gasteiger partial charge on any atom is -0.242 e. The fourth-order valence-corrected chi connectivity index (χ4v) is 2.37. The summed E-state index contributed by atoms with van der Waals surface area (Å²) in [6.07, 6.45) is 1.81. The quantitative estimate of drug-likeness (QED) is 0.604. The SMILES string of the molecule is C/C(=N\SC(C)(C)C)c1ncc(Br)s1. The summed E-state index contributed by atoms with van der Waals surface area (Å²) >= 11 is 6.58. The third-order valence-corrected chi connectivity index (χ3v) is 3.74. The average Bonchev–Trinajstić information content (AvgIpc) is 2.46. The van der Waals surface area contributed by atoms with Gasteiger partial charge < -0.3 is 0 Å². The Balaban J connectivity index is 2.70. The van der Waals surface area contributed by atoms with Crippen LogP contribution in [-0.4, -0.2) is 15.4 Å². The van der Waals surface area contributed by atoms with Crippen LogP contribution in [0.15, 0.2) is 14.4 Å². The molecular weight excluding hydrogens is 280 g/mol. The summed E-state index contributed by atoms with van der Waals surface area (Å²) < 4.78 is 5.65. The van der Waals surface area contributed by atoms with E-state index in [9.17, 15) is 0 Å². The van der Waals surface area contributed by atoms with Crippen molar-refractivity contribution in [2.45, 2.75) is 32.4 Å². The molecular formula is C9H13BrN2S2. The Morgan fingerprint density at radius 1 is 1.57 bits per heavy atom. The Bertz CT molecular complexity index is 339. The van der Waals surface area contributed by atoms with Crippen molar-refractivity contribution in [3.05, 3.63) is 15.0 Å². The number of nitrogens with zero attached hydrogens (tertiary/aromatic N) is 2. The van der Waals surface area contributed by atoms with Gasteiger partial charge in [-0.2, -0.15) is 0 Å². The van der Waals surface area contributed by atoms with Crippen molar-refractivity contribution in [3.63, 3.8) is 0 Å². The van der Waals surface area contributed by atoms with E-state index in [1.165, 1.54) is 0 Å². The van der Waals surface area contributed by atoms with Gasteiger partial charge in [0, 0.05) is 4.75 Å². The average molecular weight is 293 g/mol. The Morgan fingerprint density at radius 3 is 2.64 bits per heavy atom. The van der Waals surface area contributed by atoms with Crippen molar-refractivity contribution in [1.29, 1.82) is 0 Å². The molecule has 0 saturated heterocycles. The lowest BCUT2D eigenvalue weighted by molar-refractivity contribution is 0.804. The standard InChI is InChI=1S/C9H13BrN2S2/c1-6(12-14-9(2,3)4)8-11-5-7(10)13-8/h5H,1-4H3/b12-6+. The predicted molar refractivity (Wildman–Crippen MR) is 69.4 cm³/mol. The highest BCUT2D eigenvalue weighted by molar-refractivity contribution is 9.11. The number of hydrogen-bond acceptors (Lipinski definition) is 4. The molecule has 1 aromatic rings. The van der Waals surface area contributed by atoms with Gasteiger partial charge in [-0.1, -0.05) is 0 Å². The van der Waals surface area contributed by atoms with Crippen LogP contribution >= 0.6 is 39.2 Å². The third kappa shape index (κ3) is 4.11. The zero-order chi connectivity index (χ0) is 10.8. The Morgan fingerprint density at radius 2 is 2.21 bits per heavy atom. The van der Waals surface area contributed by atoms with E-state index in [1.54, 1.807) is 29.5 Å². The van der Waals surface area contributed by atoms with Crippen LogP contribution in [0.5, 0.6) is 0 Å². The first-order valence-corrected chi connectivity index (χ1v) is 6.61. The van der Waals surface area contributed by atoms with Crippen molar-refractivity contribution in [2.75, 3.05) is 0 Å². The molecule has 0 amide bonds. The van der Waals surface area contributed by atoms with E-state index in [2.05, 4.69) is 46.1 Å². The Labute approximate surface area is 102 Å². The van der Waals surface area contributed by atoms with E-state index in [-0.39, 0.29) is 4.75 Å². The molecule has 78 valence electrons. The molecule has 0 fully saturated rings. The molecule has 14 heavy (non-hydrogen) atoms. The van der Waals surface area contributed by atoms with E-state index in [1.807, 2.05) is 6.92 Å². The van der Waals surface area contributed by atoms with Crippen LogP contribution in [-0.2, 0) is 0 Å². The summed E-state index contributed by atoms with van der Waals surface area (Å²) in [6.45, 7) is 8.43. The first kappa shape index (κ1) is 12.2. The van der Waals surface area contributed by atoms with Crippen molar-refractivity contribution < 1.29 is 0 Å². The second-order valence-electron chi connectivity index (χ2n) is 3.85. The van der Waals surface area contributed by atoms with Gasteiger partial charge in [0.25, 0.3) is 0 Å². The van der Waals surface area contributed by atoms with Crippen molar-refractivity contribution in [2.24, 2.45) is 4.40 Å². The minimum atomic E-state index is 0.162. The zero-order valence-corrected chi connectivity index (χ0v) is 11.9. The maximum Gasteiger partial charge on any atom is 0.139 e. The molecule has 5 heteroatoms. The van der Waals surface area contributed by atoms with E-state index in [4.69, 9.17) is 0 Å². The first-order chi connectivity index (χ1) is 6.38. The van der Waals surface area contributed by atoms with Crippen LogP contribution in [0.3, 0.4) is 0 Å². The number of halogens is 1. The van der Waals surface area contributed by atoms with Crippen LogP contribution in [0, 0.1) is 0 Å². The van der Waals surface area contributed by atoms with Gasteiger partial charge in [0.15, 0.2) is 0 Å². The van der Waals surface area contributed by atoms with E-state index in [0.29, 0.717) is 0 Å². The number of hydrogen-bond donors (Lipinski definition) is 0. The molecule has 0 atom stereocenters. The molecule has 0 bridgehead atoms. The topological polar surface area (TPSA) is 25.2 Å². The van der Waals surface area contributed by atoms with Gasteiger partial charge in [-0.15, -0.1) is 11.3 Å². The summed E-state index contributed by atoms with van der Waals surface area (Å²) in [5.41, 5.74) is 0.987. The lowest BCUT2D eigenvalue weighted by Crippen LogP contribution is -2.06. The van der Waals surface area contributed by atoms with Crippen LogP contribution in [0.4, 0.5) is 0 Å². The lowest BCUT2D eigenvalue weighted by atomic mass is 10.3. The summed E-state index contributed by atoms with van der Waals surface area (Å²) in [5.74, 6) is 0. The second-order valence-corrected chi connectivity index (χ2v) is 7.85. The molecule has 1 aromatic heterocycles.